The molecule has 0 saturated heterocycles. The molecule has 0 unspecified atom stereocenters. The summed E-state index contributed by atoms with van der Waals surface area (Å²) in [6.07, 6.45) is -1.27. The number of carboxylic acids is 1. The summed E-state index contributed by atoms with van der Waals surface area (Å²) < 4.78 is 55.7. The first-order chi connectivity index (χ1) is 21.5. The minimum Gasteiger partial charge on any atom is -0.478 e. The number of alkyl halides is 3. The molecule has 0 aliphatic rings. The second-order valence-corrected chi connectivity index (χ2v) is 10.7. The standard InChI is InChI=1S/C35H25F4N3O3/c1-20(22-3-5-24(6-4-22)34(44)45)41-33(43)29-18-26(23-7-9-27(10-8-23)35(37,38)39)17-25-13-15-42(32(25)29)19-21-2-11-28-30(36)12-14-40-31(28)16-21/h2-18,20H,19H2,1H3,(H,41,43)(H,44,45)/t20-/m0/s1. The highest BCUT2D eigenvalue weighted by Gasteiger charge is 2.30. The number of halogens is 4. The number of rotatable bonds is 7. The SMILES string of the molecule is C[C@H](NC(=O)c1cc(-c2ccc(C(F)(F)F)cc2)cc2ccn(Cc3ccc4c(F)ccnc4c3)c12)c1ccc(C(=O)O)cc1. The molecule has 6 nitrogen and oxygen atoms in total. The molecule has 0 fully saturated rings. The molecule has 0 bridgehead atoms. The van der Waals surface area contributed by atoms with E-state index >= 15 is 0 Å². The zero-order valence-corrected chi connectivity index (χ0v) is 23.8. The van der Waals surface area contributed by atoms with Crippen molar-refractivity contribution >= 4 is 33.7 Å². The van der Waals surface area contributed by atoms with E-state index in [0.717, 1.165) is 17.7 Å². The number of carbonyl (C=O) groups excluding carboxylic acids is 1. The third-order valence-electron chi connectivity index (χ3n) is 7.76. The Labute approximate surface area is 254 Å². The number of aromatic nitrogens is 2. The largest absolute Gasteiger partial charge is 0.478 e. The molecule has 0 aliphatic heterocycles. The summed E-state index contributed by atoms with van der Waals surface area (Å²) in [5.74, 6) is -1.86. The third-order valence-corrected chi connectivity index (χ3v) is 7.76. The zero-order valence-electron chi connectivity index (χ0n) is 23.8. The molecule has 2 heterocycles. The fourth-order valence-electron chi connectivity index (χ4n) is 5.40. The van der Waals surface area contributed by atoms with Gasteiger partial charge < -0.3 is 15.0 Å². The fraction of sp³-hybridized carbons (Fsp3) is 0.114. The van der Waals surface area contributed by atoms with Crippen molar-refractivity contribution in [2.24, 2.45) is 0 Å². The maximum Gasteiger partial charge on any atom is 0.416 e. The van der Waals surface area contributed by atoms with Gasteiger partial charge in [-0.3, -0.25) is 9.78 Å². The van der Waals surface area contributed by atoms with Crippen LogP contribution in [0.2, 0.25) is 0 Å². The van der Waals surface area contributed by atoms with E-state index in [-0.39, 0.29) is 11.4 Å². The zero-order chi connectivity index (χ0) is 31.9. The summed E-state index contributed by atoms with van der Waals surface area (Å²) in [5.41, 5.74) is 3.31. The Balaban J connectivity index is 1.40. The van der Waals surface area contributed by atoms with Crippen LogP contribution in [-0.4, -0.2) is 26.5 Å². The summed E-state index contributed by atoms with van der Waals surface area (Å²) in [4.78, 5) is 29.4. The lowest BCUT2D eigenvalue weighted by atomic mass is 9.98. The Hall–Kier alpha value is -5.51. The van der Waals surface area contributed by atoms with Crippen LogP contribution in [0.15, 0.2) is 103 Å². The monoisotopic (exact) mass is 611 g/mol. The van der Waals surface area contributed by atoms with Crippen LogP contribution in [-0.2, 0) is 12.7 Å². The molecular weight excluding hydrogens is 586 g/mol. The molecule has 0 aliphatic carbocycles. The van der Waals surface area contributed by atoms with Crippen molar-refractivity contribution in [1.82, 2.24) is 14.9 Å². The first kappa shape index (κ1) is 29.6. The summed E-state index contributed by atoms with van der Waals surface area (Å²) in [5, 5.41) is 13.3. The first-order valence-electron chi connectivity index (χ1n) is 14.0. The second kappa shape index (κ2) is 11.5. The van der Waals surface area contributed by atoms with Crippen LogP contribution in [0.25, 0.3) is 32.9 Å². The number of pyridine rings is 1. The molecule has 45 heavy (non-hydrogen) atoms. The third kappa shape index (κ3) is 5.99. The Bertz CT molecular complexity index is 2070. The van der Waals surface area contributed by atoms with Crippen molar-refractivity contribution in [3.63, 3.8) is 0 Å². The maximum atomic E-state index is 14.2. The van der Waals surface area contributed by atoms with Crippen molar-refractivity contribution in [2.75, 3.05) is 0 Å². The number of benzene rings is 4. The lowest BCUT2D eigenvalue weighted by Gasteiger charge is -2.17. The van der Waals surface area contributed by atoms with Crippen LogP contribution >= 0.6 is 0 Å². The Morgan fingerprint density at radius 2 is 1.64 bits per heavy atom. The minimum absolute atomic E-state index is 0.118. The Morgan fingerprint density at radius 3 is 2.33 bits per heavy atom. The molecule has 0 saturated carbocycles. The molecule has 10 heteroatoms. The van der Waals surface area contributed by atoms with Gasteiger partial charge in [-0.05, 0) is 89.8 Å². The number of fused-ring (bicyclic) bond motifs is 2. The van der Waals surface area contributed by atoms with E-state index in [2.05, 4.69) is 10.3 Å². The highest BCUT2D eigenvalue weighted by atomic mass is 19.4. The van der Waals surface area contributed by atoms with E-state index in [1.54, 1.807) is 43.3 Å². The number of hydrogen-bond donors (Lipinski definition) is 2. The summed E-state index contributed by atoms with van der Waals surface area (Å²) in [6.45, 7) is 2.11. The van der Waals surface area contributed by atoms with Gasteiger partial charge in [0.05, 0.1) is 33.8 Å². The predicted molar refractivity (Wildman–Crippen MR) is 162 cm³/mol. The van der Waals surface area contributed by atoms with Gasteiger partial charge >= 0.3 is 12.1 Å². The van der Waals surface area contributed by atoms with Crippen LogP contribution in [0.5, 0.6) is 0 Å². The van der Waals surface area contributed by atoms with Crippen molar-refractivity contribution in [1.29, 1.82) is 0 Å². The normalized spacial score (nSPS) is 12.4. The number of nitrogens with zero attached hydrogens (tertiary/aromatic N) is 2. The number of amides is 1. The number of carboxylic acid groups (broad SMARTS) is 1. The Morgan fingerprint density at radius 1 is 0.911 bits per heavy atom. The van der Waals surface area contributed by atoms with Gasteiger partial charge in [0, 0.05) is 29.7 Å². The second-order valence-electron chi connectivity index (χ2n) is 10.7. The van der Waals surface area contributed by atoms with Gasteiger partial charge in [0.1, 0.15) is 5.82 Å². The Kier molecular flexibility index (Phi) is 7.57. The number of hydrogen-bond acceptors (Lipinski definition) is 3. The molecule has 4 aromatic carbocycles. The van der Waals surface area contributed by atoms with Gasteiger partial charge in [-0.2, -0.15) is 13.2 Å². The number of nitrogens with one attached hydrogen (secondary N) is 1. The fourth-order valence-corrected chi connectivity index (χ4v) is 5.40. The van der Waals surface area contributed by atoms with E-state index in [1.807, 2.05) is 22.9 Å². The summed E-state index contributed by atoms with van der Waals surface area (Å²) >= 11 is 0. The van der Waals surface area contributed by atoms with Crippen LogP contribution < -0.4 is 5.32 Å². The molecule has 0 radical (unpaired) electrons. The van der Waals surface area contributed by atoms with E-state index < -0.39 is 29.7 Å². The van der Waals surface area contributed by atoms with Gasteiger partial charge in [-0.25, -0.2) is 9.18 Å². The lowest BCUT2D eigenvalue weighted by Crippen LogP contribution is -2.27. The minimum atomic E-state index is -4.48. The van der Waals surface area contributed by atoms with Crippen LogP contribution in [0, 0.1) is 5.82 Å². The number of aromatic carboxylic acids is 1. The van der Waals surface area contributed by atoms with E-state index in [1.165, 1.54) is 36.5 Å². The smallest absolute Gasteiger partial charge is 0.416 e. The molecule has 1 amide bonds. The van der Waals surface area contributed by atoms with Crippen molar-refractivity contribution in [3.05, 3.63) is 137 Å². The quantitative estimate of drug-likeness (QED) is 0.178. The van der Waals surface area contributed by atoms with Crippen LogP contribution in [0.1, 0.15) is 50.4 Å². The summed E-state index contributed by atoms with van der Waals surface area (Å²) in [6, 6.07) is 22.2. The van der Waals surface area contributed by atoms with Crippen molar-refractivity contribution in [2.45, 2.75) is 25.7 Å². The van der Waals surface area contributed by atoms with E-state index in [4.69, 9.17) is 0 Å². The van der Waals surface area contributed by atoms with Crippen LogP contribution in [0.3, 0.4) is 0 Å². The summed E-state index contributed by atoms with van der Waals surface area (Å²) in [7, 11) is 0. The van der Waals surface area contributed by atoms with Crippen molar-refractivity contribution < 1.29 is 32.3 Å². The highest BCUT2D eigenvalue weighted by molar-refractivity contribution is 6.08. The van der Waals surface area contributed by atoms with Gasteiger partial charge in [0.25, 0.3) is 5.91 Å². The van der Waals surface area contributed by atoms with E-state index in [0.29, 0.717) is 50.6 Å². The average Bonchev–Trinajstić information content (AvgIpc) is 3.42. The number of carbonyl (C=O) groups is 2. The molecule has 0 spiro atoms. The molecular formula is C35H25F4N3O3. The highest BCUT2D eigenvalue weighted by Crippen LogP contribution is 2.34. The van der Waals surface area contributed by atoms with Crippen LogP contribution in [0.4, 0.5) is 17.6 Å². The molecule has 2 N–H and O–H groups in total. The molecule has 6 aromatic rings. The van der Waals surface area contributed by atoms with Gasteiger partial charge in [0.2, 0.25) is 0 Å². The van der Waals surface area contributed by atoms with Crippen molar-refractivity contribution in [3.8, 4) is 11.1 Å². The molecule has 226 valence electrons. The van der Waals surface area contributed by atoms with E-state index in [9.17, 15) is 32.3 Å². The predicted octanol–water partition coefficient (Wildman–Crippen LogP) is 8.25. The van der Waals surface area contributed by atoms with Gasteiger partial charge in [-0.1, -0.05) is 30.3 Å². The lowest BCUT2D eigenvalue weighted by molar-refractivity contribution is -0.137. The molecule has 6 rings (SSSR count). The van der Waals surface area contributed by atoms with Gasteiger partial charge in [-0.15, -0.1) is 0 Å². The first-order valence-corrected chi connectivity index (χ1v) is 14.0. The average molecular weight is 612 g/mol. The maximum absolute atomic E-state index is 14.2. The topological polar surface area (TPSA) is 84.2 Å². The molecule has 2 aromatic heterocycles. The molecule has 1 atom stereocenters. The van der Waals surface area contributed by atoms with Gasteiger partial charge in [0.15, 0.2) is 0 Å².